The third-order valence-corrected chi connectivity index (χ3v) is 2.46. The van der Waals surface area contributed by atoms with Crippen molar-refractivity contribution in [1.82, 2.24) is 9.97 Å². The summed E-state index contributed by atoms with van der Waals surface area (Å²) >= 11 is 0. The Hall–Kier alpha value is -2.44. The second kappa shape index (κ2) is 5.68. The van der Waals surface area contributed by atoms with E-state index in [0.29, 0.717) is 11.4 Å². The maximum atomic E-state index is 11.9. The van der Waals surface area contributed by atoms with Crippen molar-refractivity contribution in [2.75, 3.05) is 13.2 Å². The van der Waals surface area contributed by atoms with Crippen LogP contribution in [-0.4, -0.2) is 35.1 Å². The van der Waals surface area contributed by atoms with Gasteiger partial charge in [-0.2, -0.15) is 0 Å². The summed E-state index contributed by atoms with van der Waals surface area (Å²) in [6.07, 6.45) is 0. The van der Waals surface area contributed by atoms with E-state index in [1.165, 1.54) is 6.07 Å². The second-order valence-corrected chi connectivity index (χ2v) is 3.88. The van der Waals surface area contributed by atoms with Crippen LogP contribution in [0, 0.1) is 6.92 Å². The topological polar surface area (TPSA) is 91.5 Å². The predicted molar refractivity (Wildman–Crippen MR) is 68.5 cm³/mol. The normalized spacial score (nSPS) is 10.6. The summed E-state index contributed by atoms with van der Waals surface area (Å²) in [7, 11) is 0. The van der Waals surface area contributed by atoms with Crippen LogP contribution < -0.4 is 0 Å². The van der Waals surface area contributed by atoms with Crippen molar-refractivity contribution in [2.24, 2.45) is 0 Å². The number of hydrogen-bond acceptors (Lipinski definition) is 7. The van der Waals surface area contributed by atoms with Gasteiger partial charge < -0.3 is 13.9 Å². The van der Waals surface area contributed by atoms with Gasteiger partial charge in [-0.05, 0) is 19.9 Å². The number of esters is 2. The van der Waals surface area contributed by atoms with Gasteiger partial charge in [-0.15, -0.1) is 0 Å². The smallest absolute Gasteiger partial charge is 0.357 e. The van der Waals surface area contributed by atoms with E-state index in [-0.39, 0.29) is 30.2 Å². The van der Waals surface area contributed by atoms with Gasteiger partial charge in [-0.3, -0.25) is 0 Å². The van der Waals surface area contributed by atoms with Crippen molar-refractivity contribution in [3.8, 4) is 0 Å². The van der Waals surface area contributed by atoms with Crippen molar-refractivity contribution in [3.05, 3.63) is 23.2 Å². The van der Waals surface area contributed by atoms with Crippen molar-refractivity contribution < 1.29 is 23.5 Å². The third-order valence-electron chi connectivity index (χ3n) is 2.46. The minimum Gasteiger partial charge on any atom is -0.462 e. The molecule has 0 aliphatic heterocycles. The first-order valence-electron chi connectivity index (χ1n) is 6.19. The fraction of sp³-hybridized carbons (Fsp3) is 0.385. The fourth-order valence-electron chi connectivity index (χ4n) is 1.69. The van der Waals surface area contributed by atoms with Crippen LogP contribution in [0.25, 0.3) is 11.2 Å². The Morgan fingerprint density at radius 1 is 1.15 bits per heavy atom. The molecule has 0 amide bonds. The molecule has 0 unspecified atom stereocenters. The molecule has 0 N–H and O–H groups in total. The van der Waals surface area contributed by atoms with E-state index in [4.69, 9.17) is 13.9 Å². The molecule has 20 heavy (non-hydrogen) atoms. The maximum absolute atomic E-state index is 11.9. The number of carbonyl (C=O) groups is 2. The summed E-state index contributed by atoms with van der Waals surface area (Å²) in [5.74, 6) is -0.958. The standard InChI is InChI=1S/C13H14N2O5/c1-4-18-12(16)8-6-9-11(20-7(3)14-9)15-10(8)13(17)19-5-2/h6H,4-5H2,1-3H3. The zero-order valence-corrected chi connectivity index (χ0v) is 11.4. The Balaban J connectivity index is 2.57. The SMILES string of the molecule is CCOC(=O)c1cc2nc(C)oc2nc1C(=O)OCC. The third kappa shape index (κ3) is 2.61. The van der Waals surface area contributed by atoms with E-state index in [9.17, 15) is 9.59 Å². The molecule has 0 saturated heterocycles. The number of fused-ring (bicyclic) bond motifs is 1. The van der Waals surface area contributed by atoms with Gasteiger partial charge in [0, 0.05) is 6.92 Å². The van der Waals surface area contributed by atoms with Gasteiger partial charge in [0.1, 0.15) is 5.52 Å². The highest BCUT2D eigenvalue weighted by Gasteiger charge is 2.23. The molecule has 0 radical (unpaired) electrons. The lowest BCUT2D eigenvalue weighted by atomic mass is 10.2. The zero-order valence-electron chi connectivity index (χ0n) is 11.4. The monoisotopic (exact) mass is 278 g/mol. The molecule has 7 heteroatoms. The molecule has 0 aliphatic rings. The number of hydrogen-bond donors (Lipinski definition) is 0. The van der Waals surface area contributed by atoms with Gasteiger partial charge in [0.05, 0.1) is 18.8 Å². The highest BCUT2D eigenvalue weighted by Crippen LogP contribution is 2.19. The van der Waals surface area contributed by atoms with Crippen molar-refractivity contribution in [3.63, 3.8) is 0 Å². The fourth-order valence-corrected chi connectivity index (χ4v) is 1.69. The van der Waals surface area contributed by atoms with E-state index in [1.54, 1.807) is 20.8 Å². The van der Waals surface area contributed by atoms with Crippen molar-refractivity contribution in [1.29, 1.82) is 0 Å². The molecule has 0 fully saturated rings. The average molecular weight is 278 g/mol. The summed E-state index contributed by atoms with van der Waals surface area (Å²) in [6.45, 7) is 5.36. The lowest BCUT2D eigenvalue weighted by Crippen LogP contribution is -2.16. The van der Waals surface area contributed by atoms with Gasteiger partial charge in [0.15, 0.2) is 11.6 Å². The van der Waals surface area contributed by atoms with Gasteiger partial charge >= 0.3 is 11.9 Å². The lowest BCUT2D eigenvalue weighted by molar-refractivity contribution is 0.0473. The predicted octanol–water partition coefficient (Wildman–Crippen LogP) is 1.88. The van der Waals surface area contributed by atoms with Gasteiger partial charge in [-0.25, -0.2) is 19.6 Å². The first-order chi connectivity index (χ1) is 9.56. The van der Waals surface area contributed by atoms with E-state index in [2.05, 4.69) is 9.97 Å². The molecule has 106 valence electrons. The van der Waals surface area contributed by atoms with Crippen molar-refractivity contribution >= 4 is 23.2 Å². The van der Waals surface area contributed by atoms with E-state index < -0.39 is 11.9 Å². The molecular formula is C13H14N2O5. The Bertz CT molecular complexity index is 607. The molecule has 2 rings (SSSR count). The number of carbonyl (C=O) groups excluding carboxylic acids is 2. The number of aromatic nitrogens is 2. The summed E-state index contributed by atoms with van der Waals surface area (Å²) < 4.78 is 15.0. The number of rotatable bonds is 4. The Morgan fingerprint density at radius 2 is 1.80 bits per heavy atom. The van der Waals surface area contributed by atoms with Crippen LogP contribution in [0.2, 0.25) is 0 Å². The first kappa shape index (κ1) is 14.0. The second-order valence-electron chi connectivity index (χ2n) is 3.88. The van der Waals surface area contributed by atoms with E-state index >= 15 is 0 Å². The number of aryl methyl sites for hydroxylation is 1. The van der Waals surface area contributed by atoms with E-state index in [1.807, 2.05) is 0 Å². The van der Waals surface area contributed by atoms with E-state index in [0.717, 1.165) is 0 Å². The van der Waals surface area contributed by atoms with Crippen LogP contribution in [-0.2, 0) is 9.47 Å². The summed E-state index contributed by atoms with van der Waals surface area (Å²) in [5.41, 5.74) is 0.456. The number of oxazole rings is 1. The molecule has 0 aliphatic carbocycles. The molecule has 0 atom stereocenters. The Morgan fingerprint density at radius 3 is 2.45 bits per heavy atom. The number of nitrogens with zero attached hydrogens (tertiary/aromatic N) is 2. The van der Waals surface area contributed by atoms with Crippen LogP contribution in [0.3, 0.4) is 0 Å². The summed E-state index contributed by atoms with van der Waals surface area (Å²) in [4.78, 5) is 31.9. The van der Waals surface area contributed by atoms with Crippen LogP contribution >= 0.6 is 0 Å². The average Bonchev–Trinajstić information content (AvgIpc) is 2.76. The van der Waals surface area contributed by atoms with Gasteiger partial charge in [-0.1, -0.05) is 0 Å². The molecule has 2 aromatic heterocycles. The molecule has 2 heterocycles. The minimum atomic E-state index is -0.702. The molecule has 0 saturated carbocycles. The molecule has 0 aromatic carbocycles. The molecule has 2 aromatic rings. The Kier molecular flexibility index (Phi) is 3.97. The number of pyridine rings is 1. The molecule has 0 spiro atoms. The van der Waals surface area contributed by atoms with Crippen LogP contribution in [0.5, 0.6) is 0 Å². The zero-order chi connectivity index (χ0) is 14.7. The highest BCUT2D eigenvalue weighted by molar-refractivity contribution is 6.03. The lowest BCUT2D eigenvalue weighted by Gasteiger charge is -2.06. The van der Waals surface area contributed by atoms with Gasteiger partial charge in [0.2, 0.25) is 5.71 Å². The van der Waals surface area contributed by atoms with Gasteiger partial charge in [0.25, 0.3) is 0 Å². The van der Waals surface area contributed by atoms with Crippen LogP contribution in [0.1, 0.15) is 40.6 Å². The minimum absolute atomic E-state index is 0.0195. The molecule has 7 nitrogen and oxygen atoms in total. The summed E-state index contributed by atoms with van der Waals surface area (Å²) in [5, 5.41) is 0. The maximum Gasteiger partial charge on any atom is 0.357 e. The largest absolute Gasteiger partial charge is 0.462 e. The van der Waals surface area contributed by atoms with Crippen LogP contribution in [0.15, 0.2) is 10.5 Å². The molecular weight excluding hydrogens is 264 g/mol. The highest BCUT2D eigenvalue weighted by atomic mass is 16.5. The Labute approximate surface area is 114 Å². The molecule has 0 bridgehead atoms. The van der Waals surface area contributed by atoms with Crippen LogP contribution in [0.4, 0.5) is 0 Å². The van der Waals surface area contributed by atoms with Crippen molar-refractivity contribution in [2.45, 2.75) is 20.8 Å². The first-order valence-corrected chi connectivity index (χ1v) is 6.19. The number of ether oxygens (including phenoxy) is 2. The summed E-state index contributed by atoms with van der Waals surface area (Å²) in [6, 6.07) is 1.42. The quantitative estimate of drug-likeness (QED) is 0.788.